The van der Waals surface area contributed by atoms with Crippen molar-refractivity contribution in [2.45, 2.75) is 152 Å². The monoisotopic (exact) mass is 1800 g/mol. The minimum absolute atomic E-state index is 0. The zero-order valence-electron chi connectivity index (χ0n) is 72.2. The van der Waals surface area contributed by atoms with Crippen molar-refractivity contribution in [1.29, 1.82) is 0 Å². The third kappa shape index (κ3) is 15.3. The van der Waals surface area contributed by atoms with Gasteiger partial charge < -0.3 is 30.6 Å². The zero-order valence-corrected chi connectivity index (χ0v) is 75.2. The van der Waals surface area contributed by atoms with Crippen molar-refractivity contribution >= 4 is 99.3 Å². The Kier molecular flexibility index (Phi) is 24.5. The average Bonchev–Trinajstić information content (AvgIpc) is 1.56. The molecule has 0 saturated heterocycles. The SMILES string of the molecule is CC(C)c1cccc(C(C)C)c1-c1cnn(-c2[c-]c(-n3c4[c-]c(-n5c6ccccc6n6c7ccccc7nc56)ccc4c4ccccc43)ccc2)c1.CC(C)c1cccc(C(C)C)c1-c1cnn(-c2cccc(-n3c4ccccc4c4ccc(-n5c6ccccc6n6c7ccccc7nc56)cc43)c2)c1.CCCC[N+](CCC)(CCCC)CCCC.[Cl-].[Pt+2]. The Labute approximate surface area is 736 Å². The number of imidazole rings is 4. The Morgan fingerprint density at radius 3 is 1.27 bits per heavy atom. The van der Waals surface area contributed by atoms with Crippen LogP contribution >= 0.6 is 0 Å². The molecular formula is C107H108ClN13Pt. The maximum atomic E-state index is 5.14. The molecule has 0 N–H and O–H groups in total. The van der Waals surface area contributed by atoms with Crippen molar-refractivity contribution in [1.82, 2.24) is 56.6 Å². The van der Waals surface area contributed by atoms with Crippen molar-refractivity contribution in [3.05, 3.63) is 314 Å². The zero-order chi connectivity index (χ0) is 82.5. The van der Waals surface area contributed by atoms with Crippen LogP contribution in [0.15, 0.2) is 280 Å². The van der Waals surface area contributed by atoms with Crippen LogP contribution in [0, 0.1) is 12.1 Å². The van der Waals surface area contributed by atoms with Crippen molar-refractivity contribution < 1.29 is 38.0 Å². The van der Waals surface area contributed by atoms with Crippen LogP contribution in [0.1, 0.15) is 174 Å². The second-order valence-electron chi connectivity index (χ2n) is 34.0. The van der Waals surface area contributed by atoms with Gasteiger partial charge in [-0.25, -0.2) is 14.6 Å². The average molecular weight is 1810 g/mol. The number of halogens is 1. The molecule has 0 saturated carbocycles. The Balaban J connectivity index is 0.000000152. The maximum Gasteiger partial charge on any atom is 2.00 e. The molecule has 0 amide bonds. The summed E-state index contributed by atoms with van der Waals surface area (Å²) in [6, 6.07) is 98.2. The predicted molar refractivity (Wildman–Crippen MR) is 502 cm³/mol. The van der Waals surface area contributed by atoms with E-state index < -0.39 is 0 Å². The van der Waals surface area contributed by atoms with Gasteiger partial charge in [-0.15, -0.1) is 35.7 Å². The van der Waals surface area contributed by atoms with Gasteiger partial charge in [0.1, 0.15) is 0 Å². The van der Waals surface area contributed by atoms with E-state index in [1.807, 2.05) is 27.8 Å². The summed E-state index contributed by atoms with van der Waals surface area (Å²) in [7, 11) is 0. The van der Waals surface area contributed by atoms with Gasteiger partial charge in [0.25, 0.3) is 0 Å². The normalized spacial score (nSPS) is 12.0. The second kappa shape index (κ2) is 35.7. The van der Waals surface area contributed by atoms with E-state index >= 15 is 0 Å². The van der Waals surface area contributed by atoms with Crippen LogP contribution in [0.25, 0.3) is 156 Å². The molecule has 0 radical (unpaired) electrons. The molecule has 618 valence electrons. The summed E-state index contributed by atoms with van der Waals surface area (Å²) in [5.41, 5.74) is 29.1. The fourth-order valence-corrected chi connectivity index (χ4v) is 18.9. The number of quaternary nitrogens is 1. The topological polar surface area (TPSA) is 90.0 Å². The first-order chi connectivity index (χ1) is 58.7. The number of fused-ring (bicyclic) bond motifs is 16. The Morgan fingerprint density at radius 2 is 0.730 bits per heavy atom. The third-order valence-electron chi connectivity index (χ3n) is 24.7. The summed E-state index contributed by atoms with van der Waals surface area (Å²) in [6.07, 6.45) is 18.0. The van der Waals surface area contributed by atoms with Crippen molar-refractivity contribution in [3.8, 4) is 56.4 Å². The van der Waals surface area contributed by atoms with E-state index in [4.69, 9.17) is 20.2 Å². The van der Waals surface area contributed by atoms with Crippen molar-refractivity contribution in [2.24, 2.45) is 0 Å². The standard InChI is InChI=1S/C46H38N6.C46H36N6.C15H34N.ClH.Pt/c2*1-29(2)35-16-12-17-36(30(3)4)45(35)31-27-47-49(28-31)32-13-11-14-33(25-32)50-40-19-7-5-15-37(40)38-24-23-34(26-44(38)50)51-42-21-9-10-22-43(42)52-41-20-8-6-18-39(41)48-46(51)52;1-5-9-13-16(12-8-4,14-10-6-2)15-11-7-3;;/h5-30H,1-4H3;5-24,27-30H,1-4H3;5-15H2,1-4H3;1H;/q;-2;+1;;+2/p-1. The number of hydrogen-bond acceptors (Lipinski definition) is 4. The van der Waals surface area contributed by atoms with Gasteiger partial charge in [-0.2, -0.15) is 22.3 Å². The number of nitrogens with zero attached hydrogens (tertiary/aromatic N) is 13. The number of hydrogen-bond donors (Lipinski definition) is 0. The van der Waals surface area contributed by atoms with Gasteiger partial charge in [0.05, 0.1) is 105 Å². The minimum atomic E-state index is 0. The number of para-hydroxylation sites is 10. The van der Waals surface area contributed by atoms with E-state index in [1.165, 1.54) is 125 Å². The van der Waals surface area contributed by atoms with Crippen LogP contribution in [-0.4, -0.2) is 87.3 Å². The molecule has 0 aliphatic rings. The number of aromatic nitrogens is 12. The predicted octanol–water partition coefficient (Wildman–Crippen LogP) is 24.5. The minimum Gasteiger partial charge on any atom is -1.00 e. The van der Waals surface area contributed by atoms with Gasteiger partial charge in [-0.05, 0) is 185 Å². The second-order valence-corrected chi connectivity index (χ2v) is 34.0. The molecule has 8 aromatic heterocycles. The summed E-state index contributed by atoms with van der Waals surface area (Å²) >= 11 is 0. The van der Waals surface area contributed by atoms with Crippen LogP contribution in [-0.2, 0) is 21.1 Å². The molecule has 0 atom stereocenters. The van der Waals surface area contributed by atoms with Crippen molar-refractivity contribution in [2.75, 3.05) is 26.2 Å². The van der Waals surface area contributed by atoms with Crippen LogP contribution in [0.3, 0.4) is 0 Å². The number of benzene rings is 12. The Morgan fingerprint density at radius 1 is 0.320 bits per heavy atom. The largest absolute Gasteiger partial charge is 2.00 e. The number of unbranched alkanes of at least 4 members (excludes halogenated alkanes) is 3. The summed E-state index contributed by atoms with van der Waals surface area (Å²) in [5, 5.41) is 14.5. The molecule has 0 aliphatic heterocycles. The summed E-state index contributed by atoms with van der Waals surface area (Å²) in [4.78, 5) is 10.3. The molecule has 15 heteroatoms. The summed E-state index contributed by atoms with van der Waals surface area (Å²) < 4.78 is 19.1. The molecule has 13 nitrogen and oxygen atoms in total. The van der Waals surface area contributed by atoms with Crippen LogP contribution in [0.5, 0.6) is 0 Å². The van der Waals surface area contributed by atoms with Gasteiger partial charge in [0.15, 0.2) is 0 Å². The van der Waals surface area contributed by atoms with Gasteiger partial charge in [-0.1, -0.05) is 253 Å². The van der Waals surface area contributed by atoms with Gasteiger partial charge >= 0.3 is 21.1 Å². The van der Waals surface area contributed by atoms with Crippen LogP contribution in [0.2, 0.25) is 0 Å². The maximum absolute atomic E-state index is 5.14. The summed E-state index contributed by atoms with van der Waals surface area (Å²) in [5.74, 6) is 3.39. The van der Waals surface area contributed by atoms with Crippen LogP contribution < -0.4 is 12.4 Å². The van der Waals surface area contributed by atoms with E-state index in [-0.39, 0.29) is 33.5 Å². The van der Waals surface area contributed by atoms with E-state index in [0.717, 1.165) is 128 Å². The van der Waals surface area contributed by atoms with E-state index in [2.05, 4.69) is 383 Å². The smallest absolute Gasteiger partial charge is 1.00 e. The molecule has 12 aromatic carbocycles. The third-order valence-corrected chi connectivity index (χ3v) is 24.7. The van der Waals surface area contributed by atoms with Crippen molar-refractivity contribution in [3.63, 3.8) is 0 Å². The van der Waals surface area contributed by atoms with E-state index in [1.54, 1.807) is 0 Å². The molecule has 0 unspecified atom stereocenters. The molecule has 8 heterocycles. The molecule has 0 bridgehead atoms. The first kappa shape index (κ1) is 83.8. The van der Waals surface area contributed by atoms with Gasteiger partial charge in [0.2, 0.25) is 11.6 Å². The van der Waals surface area contributed by atoms with Crippen LogP contribution in [0.4, 0.5) is 0 Å². The first-order valence-corrected chi connectivity index (χ1v) is 43.7. The fraction of sp³-hybridized carbons (Fsp3) is 0.252. The van der Waals surface area contributed by atoms with E-state index in [0.29, 0.717) is 23.7 Å². The molecule has 122 heavy (non-hydrogen) atoms. The first-order valence-electron chi connectivity index (χ1n) is 43.7. The Hall–Kier alpha value is -11.9. The quantitative estimate of drug-likeness (QED) is 0.0471. The summed E-state index contributed by atoms with van der Waals surface area (Å²) in [6.45, 7) is 33.1. The molecule has 20 aromatic rings. The van der Waals surface area contributed by atoms with Gasteiger partial charge in [0, 0.05) is 45.5 Å². The molecule has 0 spiro atoms. The fourth-order valence-electron chi connectivity index (χ4n) is 18.9. The number of rotatable bonds is 23. The van der Waals surface area contributed by atoms with Gasteiger partial charge in [-0.3, -0.25) is 18.1 Å². The molecule has 20 rings (SSSR count). The molecular weight excluding hydrogens is 1700 g/mol. The Bertz CT molecular complexity index is 6660. The molecule has 0 aliphatic carbocycles. The molecule has 0 fully saturated rings. The van der Waals surface area contributed by atoms with E-state index in [9.17, 15) is 0 Å².